The van der Waals surface area contributed by atoms with Crippen molar-refractivity contribution < 1.29 is 13.9 Å². The second-order valence-electron chi connectivity index (χ2n) is 9.38. The fraction of sp³-hybridized carbons (Fsp3) is 0.214. The van der Waals surface area contributed by atoms with Gasteiger partial charge in [0.2, 0.25) is 0 Å². The summed E-state index contributed by atoms with van der Waals surface area (Å²) >= 11 is 0. The summed E-state index contributed by atoms with van der Waals surface area (Å²) in [5.74, 6) is 2.05. The first-order chi connectivity index (χ1) is 18.3. The molecule has 3 N–H and O–H groups in total. The average Bonchev–Trinajstić information content (AvgIpc) is 3.52. The van der Waals surface area contributed by atoms with Crippen LogP contribution in [0.3, 0.4) is 0 Å². The van der Waals surface area contributed by atoms with Crippen molar-refractivity contribution in [2.45, 2.75) is 39.8 Å². The smallest absolute Gasteiger partial charge is 0.323 e. The van der Waals surface area contributed by atoms with Gasteiger partial charge in [-0.25, -0.2) is 14.8 Å². The number of nitrogens with zero attached hydrogens (tertiary/aromatic N) is 4. The predicted octanol–water partition coefficient (Wildman–Crippen LogP) is 6.92. The maximum atomic E-state index is 12.9. The van der Waals surface area contributed by atoms with Gasteiger partial charge >= 0.3 is 6.03 Å². The van der Waals surface area contributed by atoms with Crippen LogP contribution in [-0.4, -0.2) is 31.8 Å². The van der Waals surface area contributed by atoms with Crippen LogP contribution in [0.2, 0.25) is 0 Å². The number of benzene rings is 2. The number of oxazole rings is 1. The molecule has 194 valence electrons. The highest BCUT2D eigenvalue weighted by Gasteiger charge is 2.16. The number of fused-ring (bicyclic) bond motifs is 1. The minimum Gasteiger partial charge on any atom is -0.457 e. The second-order valence-corrected chi connectivity index (χ2v) is 9.38. The highest BCUT2D eigenvalue weighted by Crippen LogP contribution is 2.30. The lowest BCUT2D eigenvalue weighted by Gasteiger charge is -2.11. The largest absolute Gasteiger partial charge is 0.457 e. The molecule has 0 saturated heterocycles. The number of carbonyl (C=O) groups is 1. The van der Waals surface area contributed by atoms with E-state index in [1.54, 1.807) is 36.5 Å². The molecule has 0 aliphatic carbocycles. The van der Waals surface area contributed by atoms with E-state index in [9.17, 15) is 4.79 Å². The van der Waals surface area contributed by atoms with Crippen molar-refractivity contribution in [2.75, 3.05) is 16.0 Å². The van der Waals surface area contributed by atoms with Crippen molar-refractivity contribution in [3.8, 4) is 22.8 Å². The molecule has 3 heterocycles. The van der Waals surface area contributed by atoms with Crippen LogP contribution in [0.5, 0.6) is 11.5 Å². The second kappa shape index (κ2) is 10.6. The van der Waals surface area contributed by atoms with Crippen molar-refractivity contribution in [2.24, 2.45) is 0 Å². The highest BCUT2D eigenvalue weighted by molar-refractivity contribution is 6.02. The van der Waals surface area contributed by atoms with Gasteiger partial charge in [0.05, 0.1) is 5.69 Å². The van der Waals surface area contributed by atoms with Gasteiger partial charge in [0.1, 0.15) is 28.5 Å². The van der Waals surface area contributed by atoms with E-state index in [1.165, 1.54) is 6.39 Å². The number of ether oxygens (including phenoxy) is 1. The third-order valence-corrected chi connectivity index (χ3v) is 5.63. The summed E-state index contributed by atoms with van der Waals surface area (Å²) in [7, 11) is 0. The number of urea groups is 1. The summed E-state index contributed by atoms with van der Waals surface area (Å²) in [5.41, 5.74) is 4.08. The van der Waals surface area contributed by atoms with Gasteiger partial charge in [-0.15, -0.1) is 0 Å². The Morgan fingerprint density at radius 2 is 1.76 bits per heavy atom. The van der Waals surface area contributed by atoms with Crippen molar-refractivity contribution >= 4 is 34.3 Å². The molecule has 0 fully saturated rings. The summed E-state index contributed by atoms with van der Waals surface area (Å²) < 4.78 is 13.1. The molecule has 38 heavy (non-hydrogen) atoms. The van der Waals surface area contributed by atoms with E-state index >= 15 is 0 Å². The Balaban J connectivity index is 1.27. The standard InChI is InChI=1S/C28H29N7O3/c1-17(2)31-26-14-22(11-12-29-26)38-21-8-6-20(7-9-21)32-28(36)33-24-15-35(18(3)4)34-27(24)19-5-10-25-23(13-19)30-16-37-25/h5-18H,1-4H3,(H,29,31)(H2,32,33,36). The first-order valence-corrected chi connectivity index (χ1v) is 12.4. The summed E-state index contributed by atoms with van der Waals surface area (Å²) in [4.78, 5) is 21.4. The van der Waals surface area contributed by atoms with Gasteiger partial charge in [-0.3, -0.25) is 4.68 Å². The van der Waals surface area contributed by atoms with Crippen LogP contribution in [0, 0.1) is 0 Å². The molecule has 10 nitrogen and oxygen atoms in total. The van der Waals surface area contributed by atoms with Crippen molar-refractivity contribution in [1.82, 2.24) is 19.7 Å². The van der Waals surface area contributed by atoms with E-state index in [1.807, 2.05) is 62.8 Å². The van der Waals surface area contributed by atoms with Gasteiger partial charge < -0.3 is 25.1 Å². The Labute approximate surface area is 220 Å². The summed E-state index contributed by atoms with van der Waals surface area (Å²) in [6.45, 7) is 8.15. The van der Waals surface area contributed by atoms with Gasteiger partial charge in [-0.2, -0.15) is 5.10 Å². The van der Waals surface area contributed by atoms with Crippen molar-refractivity contribution in [1.29, 1.82) is 0 Å². The lowest BCUT2D eigenvalue weighted by Crippen LogP contribution is -2.19. The van der Waals surface area contributed by atoms with Gasteiger partial charge in [-0.1, -0.05) is 0 Å². The molecule has 0 atom stereocenters. The molecule has 0 spiro atoms. The lowest BCUT2D eigenvalue weighted by molar-refractivity contribution is 0.262. The molecule has 3 aromatic heterocycles. The van der Waals surface area contributed by atoms with Gasteiger partial charge in [0.25, 0.3) is 0 Å². The molecule has 0 aliphatic rings. The topological polar surface area (TPSA) is 119 Å². The van der Waals surface area contributed by atoms with Crippen LogP contribution in [0.25, 0.3) is 22.4 Å². The zero-order valence-corrected chi connectivity index (χ0v) is 21.6. The van der Waals surface area contributed by atoms with Crippen molar-refractivity contribution in [3.05, 3.63) is 73.4 Å². The lowest BCUT2D eigenvalue weighted by atomic mass is 10.1. The molecule has 0 radical (unpaired) electrons. The SMILES string of the molecule is CC(C)Nc1cc(Oc2ccc(NC(=O)Nc3cn(C(C)C)nc3-c3ccc4ocnc4c3)cc2)ccn1. The molecule has 5 aromatic rings. The maximum Gasteiger partial charge on any atom is 0.323 e. The minimum atomic E-state index is -0.385. The van der Waals surface area contributed by atoms with Gasteiger partial charge in [0.15, 0.2) is 12.0 Å². The van der Waals surface area contributed by atoms with Crippen LogP contribution in [0.4, 0.5) is 22.0 Å². The fourth-order valence-electron chi connectivity index (χ4n) is 3.84. The number of hydrogen-bond donors (Lipinski definition) is 3. The highest BCUT2D eigenvalue weighted by atomic mass is 16.5. The third-order valence-electron chi connectivity index (χ3n) is 5.63. The molecular weight excluding hydrogens is 482 g/mol. The molecule has 0 bridgehead atoms. The van der Waals surface area contributed by atoms with E-state index in [0.29, 0.717) is 34.2 Å². The Hall–Kier alpha value is -4.86. The Morgan fingerprint density at radius 3 is 2.53 bits per heavy atom. The van der Waals surface area contributed by atoms with Crippen LogP contribution in [0.1, 0.15) is 33.7 Å². The predicted molar refractivity (Wildman–Crippen MR) is 148 cm³/mol. The zero-order valence-electron chi connectivity index (χ0n) is 21.6. The summed E-state index contributed by atoms with van der Waals surface area (Å²) in [5, 5.41) is 13.7. The minimum absolute atomic E-state index is 0.119. The fourth-order valence-corrected chi connectivity index (χ4v) is 3.84. The molecule has 0 saturated carbocycles. The molecule has 2 aromatic carbocycles. The van der Waals surface area contributed by atoms with Gasteiger partial charge in [0, 0.05) is 41.8 Å². The maximum absolute atomic E-state index is 12.9. The number of rotatable bonds is 8. The monoisotopic (exact) mass is 511 g/mol. The summed E-state index contributed by atoms with van der Waals surface area (Å²) in [6.07, 6.45) is 4.92. The Kier molecular flexibility index (Phi) is 6.94. The number of aromatic nitrogens is 4. The quantitative estimate of drug-likeness (QED) is 0.207. The zero-order chi connectivity index (χ0) is 26.6. The summed E-state index contributed by atoms with van der Waals surface area (Å²) in [6, 6.07) is 16.4. The van der Waals surface area contributed by atoms with Crippen LogP contribution < -0.4 is 20.7 Å². The van der Waals surface area contributed by atoms with Crippen LogP contribution in [0.15, 0.2) is 77.8 Å². The number of nitrogens with one attached hydrogen (secondary N) is 3. The molecule has 5 rings (SSSR count). The van der Waals surface area contributed by atoms with Crippen molar-refractivity contribution in [3.63, 3.8) is 0 Å². The Bertz CT molecular complexity index is 1550. The van der Waals surface area contributed by atoms with Crippen LogP contribution in [-0.2, 0) is 0 Å². The number of pyridine rings is 1. The van der Waals surface area contributed by atoms with E-state index in [-0.39, 0.29) is 18.1 Å². The Morgan fingerprint density at radius 1 is 0.947 bits per heavy atom. The first-order valence-electron chi connectivity index (χ1n) is 12.4. The van der Waals surface area contributed by atoms with E-state index < -0.39 is 0 Å². The number of amides is 2. The van der Waals surface area contributed by atoms with E-state index in [4.69, 9.17) is 14.3 Å². The average molecular weight is 512 g/mol. The molecule has 10 heteroatoms. The number of anilines is 3. The van der Waals surface area contributed by atoms with Gasteiger partial charge in [-0.05, 0) is 76.2 Å². The third kappa shape index (κ3) is 5.75. The molecular formula is C28H29N7O3. The van der Waals surface area contributed by atoms with E-state index in [2.05, 4.69) is 25.9 Å². The molecule has 2 amide bonds. The number of carbonyl (C=O) groups excluding carboxylic acids is 1. The molecule has 0 unspecified atom stereocenters. The first kappa shape index (κ1) is 24.8. The normalized spacial score (nSPS) is 11.2. The molecule has 0 aliphatic heterocycles. The number of hydrogen-bond acceptors (Lipinski definition) is 7. The van der Waals surface area contributed by atoms with E-state index in [0.717, 1.165) is 16.9 Å². The van der Waals surface area contributed by atoms with Crippen LogP contribution >= 0.6 is 0 Å².